The van der Waals surface area contributed by atoms with Gasteiger partial charge in [-0.25, -0.2) is 4.39 Å². The number of aliphatic hydroxyl groups is 1. The quantitative estimate of drug-likeness (QED) is 0.717. The predicted molar refractivity (Wildman–Crippen MR) is 111 cm³/mol. The number of hydrogen-bond acceptors (Lipinski definition) is 4. The average Bonchev–Trinajstić information content (AvgIpc) is 3.02. The Morgan fingerprint density at radius 2 is 1.97 bits per heavy atom. The van der Waals surface area contributed by atoms with E-state index in [0.29, 0.717) is 35.7 Å². The van der Waals surface area contributed by atoms with Crippen molar-refractivity contribution in [1.82, 2.24) is 15.2 Å². The number of hydrogen-bond donors (Lipinski definition) is 3. The van der Waals surface area contributed by atoms with Crippen molar-refractivity contribution in [2.75, 3.05) is 13.1 Å². The van der Waals surface area contributed by atoms with E-state index in [1.54, 1.807) is 12.1 Å². The van der Waals surface area contributed by atoms with Crippen molar-refractivity contribution in [1.29, 1.82) is 0 Å². The first kappa shape index (κ1) is 19.7. The second-order valence-corrected chi connectivity index (χ2v) is 9.34. The van der Waals surface area contributed by atoms with E-state index in [4.69, 9.17) is 0 Å². The Labute approximate surface area is 174 Å². The maximum Gasteiger partial charge on any atom is 0.223 e. The largest absolute Gasteiger partial charge is 0.391 e. The van der Waals surface area contributed by atoms with Gasteiger partial charge in [0.15, 0.2) is 5.43 Å². The minimum absolute atomic E-state index is 0.101. The van der Waals surface area contributed by atoms with E-state index in [1.807, 2.05) is 0 Å². The minimum Gasteiger partial charge on any atom is -0.391 e. The molecule has 4 atom stereocenters. The van der Waals surface area contributed by atoms with Gasteiger partial charge in [-0.3, -0.25) is 14.5 Å². The molecule has 3 N–H and O–H groups in total. The number of aromatic amines is 1. The van der Waals surface area contributed by atoms with E-state index in [2.05, 4.69) is 15.2 Å². The van der Waals surface area contributed by atoms with Gasteiger partial charge in [0, 0.05) is 48.2 Å². The van der Waals surface area contributed by atoms with Gasteiger partial charge >= 0.3 is 0 Å². The third-order valence-electron chi connectivity index (χ3n) is 7.26. The summed E-state index contributed by atoms with van der Waals surface area (Å²) in [5.74, 6) is 0.651. The number of fused-ring (bicyclic) bond motifs is 2. The Morgan fingerprint density at radius 1 is 1.20 bits per heavy atom. The lowest BCUT2D eigenvalue weighted by Gasteiger charge is -2.37. The lowest BCUT2D eigenvalue weighted by molar-refractivity contribution is -0.129. The van der Waals surface area contributed by atoms with Gasteiger partial charge in [0.2, 0.25) is 5.91 Å². The van der Waals surface area contributed by atoms with Crippen molar-refractivity contribution in [3.63, 3.8) is 0 Å². The molecule has 7 heteroatoms. The molecule has 1 aromatic carbocycles. The van der Waals surface area contributed by atoms with E-state index in [0.717, 1.165) is 44.5 Å². The van der Waals surface area contributed by atoms with Gasteiger partial charge in [0.25, 0.3) is 0 Å². The lowest BCUT2D eigenvalue weighted by Crippen LogP contribution is -2.51. The summed E-state index contributed by atoms with van der Waals surface area (Å²) in [7, 11) is 0. The Kier molecular flexibility index (Phi) is 5.11. The van der Waals surface area contributed by atoms with E-state index in [1.165, 1.54) is 12.1 Å². The number of nitrogens with zero attached hydrogens (tertiary/aromatic N) is 1. The molecule has 5 rings (SSSR count). The summed E-state index contributed by atoms with van der Waals surface area (Å²) in [5, 5.41) is 14.0. The van der Waals surface area contributed by atoms with Crippen molar-refractivity contribution in [3.8, 4) is 0 Å². The van der Waals surface area contributed by atoms with Gasteiger partial charge in [0.05, 0.1) is 12.1 Å². The summed E-state index contributed by atoms with van der Waals surface area (Å²) in [6.45, 7) is 2.37. The first-order valence-corrected chi connectivity index (χ1v) is 11.0. The van der Waals surface area contributed by atoms with Crippen LogP contribution in [0.3, 0.4) is 0 Å². The van der Waals surface area contributed by atoms with Crippen molar-refractivity contribution < 1.29 is 14.3 Å². The average molecular weight is 413 g/mol. The molecule has 160 valence electrons. The SMILES string of the molecule is O=C(N[C@H]1C[C@H]2CN(Cc3cc(=O)c4cc(F)ccc4[nH]3)C[C@H]2C[C@@H]1O)C1CCC1. The fraction of sp³-hybridized carbons (Fsp3) is 0.565. The first-order chi connectivity index (χ1) is 14.5. The number of carbonyl (C=O) groups excluding carboxylic acids is 1. The van der Waals surface area contributed by atoms with Crippen molar-refractivity contribution in [2.24, 2.45) is 17.8 Å². The molecule has 3 aliphatic rings. The molecule has 2 saturated carbocycles. The van der Waals surface area contributed by atoms with E-state index < -0.39 is 11.9 Å². The zero-order valence-electron chi connectivity index (χ0n) is 16.9. The fourth-order valence-electron chi connectivity index (χ4n) is 5.38. The Bertz CT molecular complexity index is 1020. The number of benzene rings is 1. The summed E-state index contributed by atoms with van der Waals surface area (Å²) in [6, 6.07) is 5.62. The number of rotatable bonds is 4. The molecule has 1 saturated heterocycles. The maximum absolute atomic E-state index is 13.4. The van der Waals surface area contributed by atoms with Crippen molar-refractivity contribution in [3.05, 3.63) is 46.0 Å². The molecule has 1 aliphatic heterocycles. The third-order valence-corrected chi connectivity index (χ3v) is 7.26. The van der Waals surface area contributed by atoms with Crippen LogP contribution in [0.15, 0.2) is 29.1 Å². The zero-order chi connectivity index (χ0) is 20.8. The number of nitrogens with one attached hydrogen (secondary N) is 2. The van der Waals surface area contributed by atoms with Crippen LogP contribution in [0.5, 0.6) is 0 Å². The van der Waals surface area contributed by atoms with Gasteiger partial charge in [-0.2, -0.15) is 0 Å². The third kappa shape index (κ3) is 3.76. The predicted octanol–water partition coefficient (Wildman–Crippen LogP) is 2.15. The van der Waals surface area contributed by atoms with Crippen molar-refractivity contribution in [2.45, 2.75) is 50.8 Å². The van der Waals surface area contributed by atoms with Crippen LogP contribution in [0.2, 0.25) is 0 Å². The first-order valence-electron chi connectivity index (χ1n) is 11.0. The number of amides is 1. The molecule has 2 aliphatic carbocycles. The molecule has 2 heterocycles. The van der Waals surface area contributed by atoms with Gasteiger partial charge in [-0.15, -0.1) is 0 Å². The van der Waals surface area contributed by atoms with Crippen molar-refractivity contribution >= 4 is 16.8 Å². The second kappa shape index (κ2) is 7.78. The van der Waals surface area contributed by atoms with Gasteiger partial charge < -0.3 is 15.4 Å². The number of aromatic nitrogens is 1. The summed E-state index contributed by atoms with van der Waals surface area (Å²) < 4.78 is 13.4. The normalized spacial score (nSPS) is 29.5. The summed E-state index contributed by atoms with van der Waals surface area (Å²) >= 11 is 0. The molecule has 1 aromatic heterocycles. The second-order valence-electron chi connectivity index (χ2n) is 9.34. The van der Waals surface area contributed by atoms with Crippen LogP contribution in [-0.2, 0) is 11.3 Å². The highest BCUT2D eigenvalue weighted by molar-refractivity contribution is 5.80. The van der Waals surface area contributed by atoms with Crippen LogP contribution >= 0.6 is 0 Å². The number of halogens is 1. The van der Waals surface area contributed by atoms with Crippen LogP contribution in [0, 0.1) is 23.6 Å². The highest BCUT2D eigenvalue weighted by atomic mass is 19.1. The molecular weight excluding hydrogens is 385 g/mol. The zero-order valence-corrected chi connectivity index (χ0v) is 16.9. The van der Waals surface area contributed by atoms with Gasteiger partial charge in [-0.05, 0) is 55.7 Å². The monoisotopic (exact) mass is 413 g/mol. The topological polar surface area (TPSA) is 85.4 Å². The molecule has 0 bridgehead atoms. The van der Waals surface area contributed by atoms with E-state index in [-0.39, 0.29) is 23.3 Å². The molecule has 0 spiro atoms. The highest BCUT2D eigenvalue weighted by Crippen LogP contribution is 2.37. The Hall–Kier alpha value is -2.25. The number of carbonyl (C=O) groups is 1. The number of H-pyrrole nitrogens is 1. The molecule has 1 amide bonds. The lowest BCUT2D eigenvalue weighted by atomic mass is 9.77. The molecule has 0 unspecified atom stereocenters. The molecule has 6 nitrogen and oxygen atoms in total. The molecular formula is C23H28FN3O3. The van der Waals surface area contributed by atoms with Crippen LogP contribution < -0.4 is 10.7 Å². The molecule has 2 aromatic rings. The fourth-order valence-corrected chi connectivity index (χ4v) is 5.38. The molecule has 3 fully saturated rings. The Balaban J connectivity index is 1.24. The summed E-state index contributed by atoms with van der Waals surface area (Å²) in [4.78, 5) is 30.2. The van der Waals surface area contributed by atoms with Crippen LogP contribution in [0.25, 0.3) is 10.9 Å². The van der Waals surface area contributed by atoms with Gasteiger partial charge in [0.1, 0.15) is 5.82 Å². The minimum atomic E-state index is -0.495. The van der Waals surface area contributed by atoms with Crippen LogP contribution in [0.1, 0.15) is 37.8 Å². The molecule has 0 radical (unpaired) electrons. The number of aliphatic hydroxyl groups excluding tert-OH is 1. The number of likely N-dealkylation sites (tertiary alicyclic amines) is 1. The molecule has 30 heavy (non-hydrogen) atoms. The van der Waals surface area contributed by atoms with Crippen LogP contribution in [0.4, 0.5) is 4.39 Å². The maximum atomic E-state index is 13.4. The van der Waals surface area contributed by atoms with E-state index >= 15 is 0 Å². The smallest absolute Gasteiger partial charge is 0.223 e. The van der Waals surface area contributed by atoms with Crippen LogP contribution in [-0.4, -0.2) is 46.1 Å². The summed E-state index contributed by atoms with van der Waals surface area (Å²) in [6.07, 6.45) is 4.05. The summed E-state index contributed by atoms with van der Waals surface area (Å²) in [5.41, 5.74) is 1.28. The highest BCUT2D eigenvalue weighted by Gasteiger charge is 2.42. The Morgan fingerprint density at radius 3 is 2.70 bits per heavy atom. The standard InChI is InChI=1S/C23H28FN3O3/c24-16-4-5-19-18(8-16)21(28)9-17(25-19)12-27-10-14-6-20(22(29)7-15(14)11-27)26-23(30)13-2-1-3-13/h4-5,8-9,13-15,20,22,29H,1-3,6-7,10-12H2,(H,25,28)(H,26,30)/t14-,15+,20-,22-/m0/s1. The number of pyridine rings is 1. The van der Waals surface area contributed by atoms with Gasteiger partial charge in [-0.1, -0.05) is 6.42 Å². The van der Waals surface area contributed by atoms with E-state index in [9.17, 15) is 19.1 Å².